The van der Waals surface area contributed by atoms with E-state index in [9.17, 15) is 47.9 Å². The summed E-state index contributed by atoms with van der Waals surface area (Å²) >= 11 is 0. The van der Waals surface area contributed by atoms with E-state index in [1.807, 2.05) is 176 Å². The van der Waals surface area contributed by atoms with Crippen molar-refractivity contribution >= 4 is 44.2 Å². The Bertz CT molecular complexity index is 5970. The number of halogens is 9. The van der Waals surface area contributed by atoms with E-state index in [1.165, 1.54) is 39.6 Å². The van der Waals surface area contributed by atoms with Gasteiger partial charge in [0.15, 0.2) is 40.7 Å². The standard InChI is InChI=1S/C42H28N4.C35H20F9N3O3S.C11H10BNO2/c1-3-11-32(12-4-1)40-44-41(33-13-5-2-6-14-33)46-42(45-40)34-26-22-30(23-27-34)36-16-10-17-37-35(15-9-18-38(36)37)29-20-24-31(25-21-29)39-19-7-8-28-43-39;36-32(37,34(40,41)42)33(38,39)35(43,44)51(48,49)50-28-16-8-14-26-25(13-7-15-27(26)28)21-17-19-24(20-18-21)31-46-29(22-9-3-1-4-10-22)45-30(47-31)23-11-5-2-6-12-23;14-12(15)10-6-4-9(5-7-10)11-3-1-2-8-13-11/h1-28H;1-20H;1-8,14-15H. The molecule has 16 aromatic rings. The first-order chi connectivity index (χ1) is 54.0. The summed E-state index contributed by atoms with van der Waals surface area (Å²) in [6.07, 6.45) is -3.66. The second kappa shape index (κ2) is 32.0. The first-order valence-corrected chi connectivity index (χ1v) is 36.0. The number of benzene rings is 12. The van der Waals surface area contributed by atoms with Crippen LogP contribution in [0.2, 0.25) is 0 Å². The van der Waals surface area contributed by atoms with Gasteiger partial charge in [-0.1, -0.05) is 297 Å². The van der Waals surface area contributed by atoms with Crippen LogP contribution in [0.25, 0.3) is 146 Å². The van der Waals surface area contributed by atoms with Crippen LogP contribution < -0.4 is 9.65 Å². The van der Waals surface area contributed by atoms with E-state index in [4.69, 9.17) is 25.0 Å². The van der Waals surface area contributed by atoms with Crippen molar-refractivity contribution in [3.8, 4) is 130 Å². The fourth-order valence-electron chi connectivity index (χ4n) is 12.3. The molecule has 0 aliphatic heterocycles. The zero-order valence-electron chi connectivity index (χ0n) is 58.4. The second-order valence-electron chi connectivity index (χ2n) is 25.3. The van der Waals surface area contributed by atoms with Gasteiger partial charge in [-0.15, -0.1) is 0 Å². The van der Waals surface area contributed by atoms with Crippen LogP contribution in [-0.4, -0.2) is 88.7 Å². The lowest BCUT2D eigenvalue weighted by atomic mass is 9.80. The first kappa shape index (κ1) is 75.4. The summed E-state index contributed by atoms with van der Waals surface area (Å²) in [5.74, 6) is -12.8. The highest BCUT2D eigenvalue weighted by Crippen LogP contribution is 2.55. The highest BCUT2D eigenvalue weighted by Gasteiger charge is 2.86. The molecule has 16 rings (SSSR count). The number of aromatic nitrogens is 8. The maximum atomic E-state index is 14.4. The minimum Gasteiger partial charge on any atom is -0.423 e. The molecule has 12 aromatic carbocycles. The topological polar surface area (TPSA) is 187 Å². The monoisotopic (exact) mass is 1520 g/mol. The lowest BCUT2D eigenvalue weighted by Gasteiger charge is -2.32. The van der Waals surface area contributed by atoms with E-state index in [0.29, 0.717) is 57.1 Å². The van der Waals surface area contributed by atoms with Gasteiger partial charge in [-0.3, -0.25) is 9.97 Å². The van der Waals surface area contributed by atoms with Gasteiger partial charge >= 0.3 is 40.5 Å². The number of pyridine rings is 2. The van der Waals surface area contributed by atoms with E-state index >= 15 is 0 Å². The molecule has 0 fully saturated rings. The molecule has 552 valence electrons. The largest absolute Gasteiger partial charge is 0.488 e. The van der Waals surface area contributed by atoms with Crippen molar-refractivity contribution in [3.63, 3.8) is 0 Å². The molecular weight excluding hydrogens is 1460 g/mol. The quantitative estimate of drug-likeness (QED) is 0.0499. The number of rotatable bonds is 17. The lowest BCUT2D eigenvalue weighted by Crippen LogP contribution is -2.63. The molecule has 0 saturated heterocycles. The summed E-state index contributed by atoms with van der Waals surface area (Å²) in [4.78, 5) is 37.2. The molecule has 24 heteroatoms. The van der Waals surface area contributed by atoms with Gasteiger partial charge in [0.1, 0.15) is 0 Å². The van der Waals surface area contributed by atoms with E-state index in [1.54, 1.807) is 48.7 Å². The molecule has 4 aromatic heterocycles. The number of hydrogen-bond donors (Lipinski definition) is 2. The highest BCUT2D eigenvalue weighted by molar-refractivity contribution is 7.88. The summed E-state index contributed by atoms with van der Waals surface area (Å²) < 4.78 is 150. The fraction of sp³-hybridized carbons (Fsp3) is 0.0455. The Morgan fingerprint density at radius 2 is 0.554 bits per heavy atom. The minimum atomic E-state index is -7.43. The van der Waals surface area contributed by atoms with Crippen LogP contribution in [0.1, 0.15) is 0 Å². The smallest absolute Gasteiger partial charge is 0.423 e. The van der Waals surface area contributed by atoms with Crippen molar-refractivity contribution in [1.82, 2.24) is 39.9 Å². The van der Waals surface area contributed by atoms with Crippen molar-refractivity contribution < 1.29 is 62.2 Å². The molecule has 0 amide bonds. The Morgan fingerprint density at radius 3 is 0.866 bits per heavy atom. The summed E-state index contributed by atoms with van der Waals surface area (Å²) in [6.45, 7) is 0. The van der Waals surface area contributed by atoms with Gasteiger partial charge < -0.3 is 14.2 Å². The molecule has 0 atom stereocenters. The third kappa shape index (κ3) is 15.9. The van der Waals surface area contributed by atoms with E-state index in [-0.39, 0.29) is 10.8 Å². The Kier molecular flexibility index (Phi) is 21.6. The predicted octanol–water partition coefficient (Wildman–Crippen LogP) is 20.7. The number of fused-ring (bicyclic) bond motifs is 2. The van der Waals surface area contributed by atoms with Crippen LogP contribution in [0.15, 0.2) is 340 Å². The maximum Gasteiger partial charge on any atom is 0.488 e. The zero-order valence-corrected chi connectivity index (χ0v) is 59.2. The van der Waals surface area contributed by atoms with Gasteiger partial charge in [-0.2, -0.15) is 47.9 Å². The Balaban J connectivity index is 0.000000157. The predicted molar refractivity (Wildman–Crippen MR) is 417 cm³/mol. The third-order valence-electron chi connectivity index (χ3n) is 18.1. The van der Waals surface area contributed by atoms with Crippen LogP contribution in [0.4, 0.5) is 39.5 Å². The molecule has 0 aliphatic carbocycles. The normalized spacial score (nSPS) is 11.8. The van der Waals surface area contributed by atoms with Gasteiger partial charge in [0.05, 0.1) is 11.4 Å². The second-order valence-corrected chi connectivity index (χ2v) is 26.9. The molecule has 0 bridgehead atoms. The summed E-state index contributed by atoms with van der Waals surface area (Å²) in [7, 11) is -8.56. The highest BCUT2D eigenvalue weighted by atomic mass is 32.2. The van der Waals surface area contributed by atoms with Crippen molar-refractivity contribution in [3.05, 3.63) is 340 Å². The molecule has 4 heterocycles. The average molecular weight is 1520 g/mol. The van der Waals surface area contributed by atoms with Crippen LogP contribution >= 0.6 is 0 Å². The molecular formula is C88H58BF9N8O5S. The maximum absolute atomic E-state index is 14.4. The van der Waals surface area contributed by atoms with Crippen LogP contribution in [-0.2, 0) is 10.1 Å². The van der Waals surface area contributed by atoms with Crippen molar-refractivity contribution in [1.29, 1.82) is 0 Å². The summed E-state index contributed by atoms with van der Waals surface area (Å²) in [6, 6.07) is 101. The molecule has 0 unspecified atom stereocenters. The average Bonchev–Trinajstić information content (AvgIpc) is 0.713. The Hall–Kier alpha value is -13.4. The fourth-order valence-corrected chi connectivity index (χ4v) is 13.2. The molecule has 0 saturated carbocycles. The molecule has 112 heavy (non-hydrogen) atoms. The van der Waals surface area contributed by atoms with E-state index < -0.39 is 46.3 Å². The van der Waals surface area contributed by atoms with Crippen LogP contribution in [0, 0.1) is 0 Å². The van der Waals surface area contributed by atoms with Crippen LogP contribution in [0.5, 0.6) is 5.75 Å². The SMILES string of the molecule is O=S(=O)(Oc1cccc2c(-c3ccc(-c4nc(-c5ccccc5)nc(-c5ccccc5)n4)cc3)cccc12)C(F)(F)C(F)(F)C(F)(F)C(F)(F)F.OB(O)c1ccc(-c2ccccn2)cc1.c1ccc(-c2nc(-c3ccccc3)nc(-c3ccc(-c4cccc5c(-c6ccc(-c7ccccn7)cc6)cccc45)cc3)n2)cc1. The number of nitrogens with zero attached hydrogens (tertiary/aromatic N) is 8. The van der Waals surface area contributed by atoms with Crippen molar-refractivity contribution in [2.75, 3.05) is 0 Å². The molecule has 0 spiro atoms. The Morgan fingerprint density at radius 1 is 0.277 bits per heavy atom. The van der Waals surface area contributed by atoms with Gasteiger partial charge in [-0.25, -0.2) is 29.9 Å². The molecule has 0 aliphatic rings. The minimum absolute atomic E-state index is 0.131. The number of hydrogen-bond acceptors (Lipinski definition) is 13. The van der Waals surface area contributed by atoms with Crippen LogP contribution in [0.3, 0.4) is 0 Å². The number of alkyl halides is 9. The van der Waals surface area contributed by atoms with Gasteiger partial charge in [0, 0.05) is 62.3 Å². The summed E-state index contributed by atoms with van der Waals surface area (Å²) in [5, 5.41) is 13.1. The molecule has 0 radical (unpaired) electrons. The Labute approximate surface area is 636 Å². The summed E-state index contributed by atoms with van der Waals surface area (Å²) in [5.41, 5.74) is 14.8. The first-order valence-electron chi connectivity index (χ1n) is 34.5. The molecule has 2 N–H and O–H groups in total. The van der Waals surface area contributed by atoms with Gasteiger partial charge in [-0.05, 0) is 85.3 Å². The van der Waals surface area contributed by atoms with E-state index in [2.05, 4.69) is 114 Å². The van der Waals surface area contributed by atoms with E-state index in [0.717, 1.165) is 74.1 Å². The lowest BCUT2D eigenvalue weighted by molar-refractivity contribution is -0.382. The van der Waals surface area contributed by atoms with Crippen molar-refractivity contribution in [2.24, 2.45) is 0 Å². The van der Waals surface area contributed by atoms with Crippen molar-refractivity contribution in [2.45, 2.75) is 23.3 Å². The third-order valence-corrected chi connectivity index (χ3v) is 19.3. The van der Waals surface area contributed by atoms with Gasteiger partial charge in [0.25, 0.3) is 0 Å². The molecule has 13 nitrogen and oxygen atoms in total. The van der Waals surface area contributed by atoms with Gasteiger partial charge in [0.2, 0.25) is 0 Å². The zero-order chi connectivity index (χ0) is 78.2.